The van der Waals surface area contributed by atoms with Gasteiger partial charge in [-0.15, -0.1) is 0 Å². The highest BCUT2D eigenvalue weighted by Crippen LogP contribution is 2.44. The number of piperidine rings is 2. The van der Waals surface area contributed by atoms with E-state index in [2.05, 4.69) is 64.4 Å². The van der Waals surface area contributed by atoms with Gasteiger partial charge < -0.3 is 20.5 Å². The van der Waals surface area contributed by atoms with Crippen LogP contribution in [0, 0.1) is 0 Å². The Balaban J connectivity index is 0.992. The molecule has 3 atom stereocenters. The standard InChI is InChI=1S/C50H56ClN5O7S/c1-30(45(51)46(63-5)31(2)49(61)62)35-11-7-12-36(26-35)53-37-22-24-55(50(3,4)27-37)64-28-33-10-6-9-32(25-33)15-16-34(21-23-52-29-57)38-17-18-41-44-39(38)13-8-14-40(44)48(60)56(41)42-19-20-43(58)54-47(42)59/h6-14,17-18,25-26,29,34,37,42,53H,15-16,19-24,27-28H2,1-5H3,(H,52,57)(H,61,62)(H,54,58,59)/b45-30-,46-31-. The highest BCUT2D eigenvalue weighted by molar-refractivity contribution is 7.96. The molecule has 12 nitrogen and oxygen atoms in total. The fourth-order valence-corrected chi connectivity index (χ4v) is 10.9. The van der Waals surface area contributed by atoms with Gasteiger partial charge in [0.05, 0.1) is 23.4 Å². The SMILES string of the molecule is COC(=C(/C)C(=O)O)/C(Cl)=C(\C)c1cccc(NC2CCN(SCc3cccc(CCC(CCNC=O)c4ccc5c6c(cccc46)C(=O)N5C4CCC(=O)NC4=O)c3)C(C)(C)C2)c1. The Kier molecular flexibility index (Phi) is 14.5. The lowest BCUT2D eigenvalue weighted by molar-refractivity contribution is -0.134. The lowest BCUT2D eigenvalue weighted by atomic mass is 9.85. The molecule has 336 valence electrons. The minimum absolute atomic E-state index is 0.0430. The second-order valence-electron chi connectivity index (χ2n) is 17.5. The van der Waals surface area contributed by atoms with Gasteiger partial charge in [0.15, 0.2) is 0 Å². The van der Waals surface area contributed by atoms with E-state index in [-0.39, 0.29) is 58.5 Å². The molecule has 0 aromatic heterocycles. The van der Waals surface area contributed by atoms with Gasteiger partial charge in [-0.25, -0.2) is 9.10 Å². The van der Waals surface area contributed by atoms with Crippen molar-refractivity contribution >= 4 is 81.4 Å². The molecule has 0 saturated carbocycles. The van der Waals surface area contributed by atoms with Crippen LogP contribution in [0.3, 0.4) is 0 Å². The number of nitrogens with zero attached hydrogens (tertiary/aromatic N) is 2. The number of carboxylic acids is 1. The molecule has 3 unspecified atom stereocenters. The number of carbonyl (C=O) groups is 5. The van der Waals surface area contributed by atoms with E-state index in [0.717, 1.165) is 84.0 Å². The predicted octanol–water partition coefficient (Wildman–Crippen LogP) is 8.94. The Labute approximate surface area is 383 Å². The molecule has 4 amide bonds. The van der Waals surface area contributed by atoms with Crippen LogP contribution in [0.25, 0.3) is 16.3 Å². The molecule has 3 aliphatic rings. The molecular weight excluding hydrogens is 850 g/mol. The van der Waals surface area contributed by atoms with Crippen LogP contribution >= 0.6 is 23.5 Å². The summed E-state index contributed by atoms with van der Waals surface area (Å²) in [6.45, 7) is 9.34. The Morgan fingerprint density at radius 3 is 2.52 bits per heavy atom. The molecule has 0 spiro atoms. The third kappa shape index (κ3) is 10.0. The Bertz CT molecular complexity index is 2540. The quantitative estimate of drug-likeness (QED) is 0.0145. The number of aliphatic carboxylic acids is 1. The molecule has 3 aliphatic heterocycles. The molecule has 3 heterocycles. The van der Waals surface area contributed by atoms with Gasteiger partial charge >= 0.3 is 5.97 Å². The number of amides is 4. The van der Waals surface area contributed by atoms with Crippen LogP contribution in [0.15, 0.2) is 95.2 Å². The molecule has 14 heteroatoms. The molecule has 64 heavy (non-hydrogen) atoms. The van der Waals surface area contributed by atoms with E-state index >= 15 is 0 Å². The summed E-state index contributed by atoms with van der Waals surface area (Å²) < 4.78 is 7.86. The van der Waals surface area contributed by atoms with Crippen molar-refractivity contribution in [2.45, 2.75) is 102 Å². The summed E-state index contributed by atoms with van der Waals surface area (Å²) in [4.78, 5) is 63.0. The molecule has 4 aromatic rings. The van der Waals surface area contributed by atoms with E-state index in [0.29, 0.717) is 17.8 Å². The summed E-state index contributed by atoms with van der Waals surface area (Å²) in [5.74, 6) is -1.03. The monoisotopic (exact) mass is 905 g/mol. The van der Waals surface area contributed by atoms with Crippen molar-refractivity contribution < 1.29 is 33.8 Å². The number of imide groups is 1. The van der Waals surface area contributed by atoms with E-state index in [1.54, 1.807) is 11.0 Å². The normalized spacial score (nSPS) is 19.7. The van der Waals surface area contributed by atoms with Crippen LogP contribution in [0.1, 0.15) is 105 Å². The second kappa shape index (κ2) is 20.0. The topological polar surface area (TPSA) is 157 Å². The summed E-state index contributed by atoms with van der Waals surface area (Å²) in [7, 11) is 1.42. The molecule has 0 radical (unpaired) electrons. The average Bonchev–Trinajstić information content (AvgIpc) is 3.56. The van der Waals surface area contributed by atoms with E-state index in [1.807, 2.05) is 61.3 Å². The molecule has 7 rings (SSSR count). The average molecular weight is 907 g/mol. The van der Waals surface area contributed by atoms with Crippen LogP contribution in [0.2, 0.25) is 0 Å². The zero-order valence-electron chi connectivity index (χ0n) is 37.0. The zero-order chi connectivity index (χ0) is 45.7. The smallest absolute Gasteiger partial charge is 0.335 e. The summed E-state index contributed by atoms with van der Waals surface area (Å²) in [5, 5.41) is 20.5. The third-order valence-electron chi connectivity index (χ3n) is 12.8. The van der Waals surface area contributed by atoms with Gasteiger partial charge in [0.1, 0.15) is 11.8 Å². The summed E-state index contributed by atoms with van der Waals surface area (Å²) in [5.41, 5.74) is 7.37. The molecule has 2 fully saturated rings. The van der Waals surface area contributed by atoms with Crippen LogP contribution in [-0.2, 0) is 36.1 Å². The number of hydrogen-bond acceptors (Lipinski definition) is 9. The van der Waals surface area contributed by atoms with Gasteiger partial charge in [0, 0.05) is 53.5 Å². The number of benzene rings is 4. The summed E-state index contributed by atoms with van der Waals surface area (Å²) >= 11 is 8.51. The van der Waals surface area contributed by atoms with E-state index < -0.39 is 17.9 Å². The first-order valence-electron chi connectivity index (χ1n) is 21.8. The number of rotatable bonds is 18. The summed E-state index contributed by atoms with van der Waals surface area (Å²) in [6.07, 6.45) is 5.46. The molecule has 2 saturated heterocycles. The number of nitrogens with one attached hydrogen (secondary N) is 3. The zero-order valence-corrected chi connectivity index (χ0v) is 38.5. The Morgan fingerprint density at radius 1 is 1.02 bits per heavy atom. The molecule has 4 N–H and O–H groups in total. The maximum Gasteiger partial charge on any atom is 0.335 e. The number of halogens is 1. The predicted molar refractivity (Wildman–Crippen MR) is 254 cm³/mol. The lowest BCUT2D eigenvalue weighted by Gasteiger charge is -2.45. The van der Waals surface area contributed by atoms with Gasteiger partial charge in [-0.05, 0) is 130 Å². The fraction of sp³-hybridized carbons (Fsp3) is 0.380. The van der Waals surface area contributed by atoms with Crippen LogP contribution in [0.5, 0.6) is 0 Å². The number of allylic oxidation sites excluding steroid dienone is 2. The number of carboxylic acid groups (broad SMARTS) is 1. The largest absolute Gasteiger partial charge is 0.495 e. The number of aryl methyl sites for hydroxylation is 1. The lowest BCUT2D eigenvalue weighted by Crippen LogP contribution is -2.53. The first-order valence-corrected chi connectivity index (χ1v) is 23.1. The Hall–Kier alpha value is -5.63. The van der Waals surface area contributed by atoms with Crippen LogP contribution in [0.4, 0.5) is 11.4 Å². The molecule has 0 aliphatic carbocycles. The number of carbonyl (C=O) groups excluding carboxylic acids is 4. The number of methoxy groups -OCH3 is 1. The summed E-state index contributed by atoms with van der Waals surface area (Å²) in [6, 6.07) is 26.0. The molecular formula is C50H56ClN5O7S. The second-order valence-corrected chi connectivity index (χ2v) is 18.8. The molecule has 0 bridgehead atoms. The van der Waals surface area contributed by atoms with Crippen molar-refractivity contribution in [3.05, 3.63) is 123 Å². The van der Waals surface area contributed by atoms with Gasteiger partial charge in [-0.2, -0.15) is 0 Å². The van der Waals surface area contributed by atoms with Gasteiger partial charge in [-0.1, -0.05) is 78.1 Å². The van der Waals surface area contributed by atoms with Gasteiger partial charge in [0.25, 0.3) is 5.91 Å². The first-order chi connectivity index (χ1) is 30.7. The van der Waals surface area contributed by atoms with Crippen molar-refractivity contribution in [1.82, 2.24) is 14.9 Å². The first kappa shape index (κ1) is 46.4. The van der Waals surface area contributed by atoms with E-state index in [4.69, 9.17) is 16.3 Å². The minimum atomic E-state index is -1.09. The fourth-order valence-electron chi connectivity index (χ4n) is 9.39. The molecule has 4 aromatic carbocycles. The number of hydrogen-bond donors (Lipinski definition) is 4. The maximum absolute atomic E-state index is 13.8. The Morgan fingerprint density at radius 2 is 1.78 bits per heavy atom. The van der Waals surface area contributed by atoms with Crippen molar-refractivity contribution in [3.63, 3.8) is 0 Å². The van der Waals surface area contributed by atoms with E-state index in [9.17, 15) is 29.1 Å². The van der Waals surface area contributed by atoms with E-state index in [1.165, 1.54) is 25.2 Å². The highest BCUT2D eigenvalue weighted by Gasteiger charge is 2.41. The van der Waals surface area contributed by atoms with Crippen molar-refractivity contribution in [2.24, 2.45) is 0 Å². The van der Waals surface area contributed by atoms with Gasteiger partial charge in [0.2, 0.25) is 18.2 Å². The maximum atomic E-state index is 13.8. The minimum Gasteiger partial charge on any atom is -0.495 e. The van der Waals surface area contributed by atoms with Gasteiger partial charge in [-0.3, -0.25) is 29.4 Å². The number of anilines is 2. The third-order valence-corrected chi connectivity index (χ3v) is 14.7. The van der Waals surface area contributed by atoms with Crippen molar-refractivity contribution in [2.75, 3.05) is 30.4 Å². The van der Waals surface area contributed by atoms with Crippen molar-refractivity contribution in [3.8, 4) is 0 Å². The number of ether oxygens (including phenoxy) is 1. The van der Waals surface area contributed by atoms with Crippen molar-refractivity contribution in [1.29, 1.82) is 0 Å². The van der Waals surface area contributed by atoms with Crippen LogP contribution in [-0.4, -0.2) is 77.3 Å². The highest BCUT2D eigenvalue weighted by atomic mass is 35.5. The van der Waals surface area contributed by atoms with Crippen LogP contribution < -0.4 is 20.9 Å².